The van der Waals surface area contributed by atoms with E-state index < -0.39 is 5.41 Å². The number of halogens is 1. The lowest BCUT2D eigenvalue weighted by Gasteiger charge is -2.21. The van der Waals surface area contributed by atoms with Gasteiger partial charge in [0.05, 0.1) is 11.1 Å². The second kappa shape index (κ2) is 6.54. The summed E-state index contributed by atoms with van der Waals surface area (Å²) in [7, 11) is 0. The Morgan fingerprint density at radius 1 is 1.40 bits per heavy atom. The van der Waals surface area contributed by atoms with Gasteiger partial charge < -0.3 is 11.1 Å². The molecule has 6 heteroatoms. The van der Waals surface area contributed by atoms with E-state index in [0.29, 0.717) is 6.54 Å². The Bertz CT molecular complexity index is 566. The van der Waals surface area contributed by atoms with Crippen molar-refractivity contribution in [3.8, 4) is 11.3 Å². The highest BCUT2D eigenvalue weighted by molar-refractivity contribution is 5.95. The Balaban J connectivity index is 0.00000200. The lowest BCUT2D eigenvalue weighted by atomic mass is 9.92. The Morgan fingerprint density at radius 3 is 2.75 bits per heavy atom. The number of H-pyrrole nitrogens is 1. The van der Waals surface area contributed by atoms with Crippen LogP contribution >= 0.6 is 12.4 Å². The summed E-state index contributed by atoms with van der Waals surface area (Å²) in [5, 5.41) is 9.69. The van der Waals surface area contributed by atoms with Crippen LogP contribution < -0.4 is 11.1 Å². The molecule has 0 fully saturated rings. The van der Waals surface area contributed by atoms with Crippen LogP contribution in [-0.4, -0.2) is 22.6 Å². The molecule has 5 nitrogen and oxygen atoms in total. The molecule has 20 heavy (non-hydrogen) atoms. The van der Waals surface area contributed by atoms with Gasteiger partial charge in [0.25, 0.3) is 0 Å². The molecule has 0 unspecified atom stereocenters. The number of aromatic nitrogens is 2. The molecule has 2 aromatic rings. The Hall–Kier alpha value is -1.85. The first-order valence-electron chi connectivity index (χ1n) is 6.14. The summed E-state index contributed by atoms with van der Waals surface area (Å²) in [4.78, 5) is 12.1. The summed E-state index contributed by atoms with van der Waals surface area (Å²) in [5.41, 5.74) is 7.65. The van der Waals surface area contributed by atoms with Crippen LogP contribution in [0.2, 0.25) is 0 Å². The summed E-state index contributed by atoms with van der Waals surface area (Å²) < 4.78 is 0. The normalized spacial score (nSPS) is 10.8. The van der Waals surface area contributed by atoms with Gasteiger partial charge in [0.15, 0.2) is 0 Å². The van der Waals surface area contributed by atoms with Gasteiger partial charge in [0.1, 0.15) is 0 Å². The largest absolute Gasteiger partial charge is 0.329 e. The topological polar surface area (TPSA) is 83.8 Å². The zero-order valence-electron chi connectivity index (χ0n) is 11.5. The predicted molar refractivity (Wildman–Crippen MR) is 82.7 cm³/mol. The van der Waals surface area contributed by atoms with Crippen molar-refractivity contribution >= 4 is 24.0 Å². The number of anilines is 1. The van der Waals surface area contributed by atoms with Gasteiger partial charge in [-0.3, -0.25) is 9.89 Å². The number of aromatic amines is 1. The van der Waals surface area contributed by atoms with Gasteiger partial charge in [0.2, 0.25) is 5.91 Å². The molecule has 0 spiro atoms. The van der Waals surface area contributed by atoms with Crippen LogP contribution in [0.25, 0.3) is 11.3 Å². The van der Waals surface area contributed by atoms with Crippen molar-refractivity contribution in [3.05, 3.63) is 36.5 Å². The van der Waals surface area contributed by atoms with Crippen LogP contribution in [0.5, 0.6) is 0 Å². The summed E-state index contributed by atoms with van der Waals surface area (Å²) in [6.07, 6.45) is 1.69. The second-order valence-electron chi connectivity index (χ2n) is 5.09. The molecule has 0 aliphatic rings. The average Bonchev–Trinajstić information content (AvgIpc) is 2.93. The molecule has 0 saturated heterocycles. The van der Waals surface area contributed by atoms with Crippen LogP contribution in [0, 0.1) is 5.41 Å². The zero-order valence-corrected chi connectivity index (χ0v) is 12.3. The first kappa shape index (κ1) is 16.2. The highest BCUT2D eigenvalue weighted by Crippen LogP contribution is 2.22. The highest BCUT2D eigenvalue weighted by Gasteiger charge is 2.25. The maximum atomic E-state index is 12.1. The van der Waals surface area contributed by atoms with E-state index in [1.165, 1.54) is 0 Å². The van der Waals surface area contributed by atoms with Crippen molar-refractivity contribution in [3.63, 3.8) is 0 Å². The van der Waals surface area contributed by atoms with Gasteiger partial charge in [-0.05, 0) is 32.0 Å². The van der Waals surface area contributed by atoms with E-state index in [1.807, 2.05) is 44.2 Å². The molecule has 0 saturated carbocycles. The van der Waals surface area contributed by atoms with Crippen molar-refractivity contribution in [2.24, 2.45) is 11.1 Å². The van der Waals surface area contributed by atoms with E-state index in [-0.39, 0.29) is 18.3 Å². The number of nitrogens with two attached hydrogens (primary N) is 1. The fourth-order valence-electron chi connectivity index (χ4n) is 1.57. The molecule has 1 aromatic heterocycles. The third-order valence-electron chi connectivity index (χ3n) is 3.06. The summed E-state index contributed by atoms with van der Waals surface area (Å²) in [5.74, 6) is -0.0863. The number of amides is 1. The van der Waals surface area contributed by atoms with Gasteiger partial charge in [0, 0.05) is 24.0 Å². The average molecular weight is 295 g/mol. The van der Waals surface area contributed by atoms with E-state index >= 15 is 0 Å². The molecule has 2 rings (SSSR count). The van der Waals surface area contributed by atoms with E-state index in [1.54, 1.807) is 6.20 Å². The molecule has 0 aliphatic heterocycles. The number of hydrogen-bond donors (Lipinski definition) is 3. The van der Waals surface area contributed by atoms with Gasteiger partial charge in [-0.25, -0.2) is 0 Å². The second-order valence-corrected chi connectivity index (χ2v) is 5.09. The summed E-state index contributed by atoms with van der Waals surface area (Å²) in [6, 6.07) is 9.48. The number of carbonyl (C=O) groups is 1. The smallest absolute Gasteiger partial charge is 0.231 e. The molecule has 0 atom stereocenters. The lowest BCUT2D eigenvalue weighted by Crippen LogP contribution is -2.37. The first-order chi connectivity index (χ1) is 9.03. The number of benzene rings is 1. The van der Waals surface area contributed by atoms with Crippen LogP contribution in [0.1, 0.15) is 13.8 Å². The molecule has 1 aromatic carbocycles. The lowest BCUT2D eigenvalue weighted by molar-refractivity contribution is -0.123. The van der Waals surface area contributed by atoms with Gasteiger partial charge in [-0.15, -0.1) is 12.4 Å². The minimum absolute atomic E-state index is 0. The molecular formula is C14H19ClN4O. The van der Waals surface area contributed by atoms with E-state index in [2.05, 4.69) is 15.5 Å². The Morgan fingerprint density at radius 2 is 2.15 bits per heavy atom. The van der Waals surface area contributed by atoms with Crippen molar-refractivity contribution in [2.75, 3.05) is 11.9 Å². The maximum absolute atomic E-state index is 12.1. The molecule has 4 N–H and O–H groups in total. The third-order valence-corrected chi connectivity index (χ3v) is 3.06. The van der Waals surface area contributed by atoms with Crippen LogP contribution in [0.4, 0.5) is 5.69 Å². The summed E-state index contributed by atoms with van der Waals surface area (Å²) in [6.45, 7) is 3.95. The predicted octanol–water partition coefficient (Wildman–Crippen LogP) is 2.42. The monoisotopic (exact) mass is 294 g/mol. The fourth-order valence-corrected chi connectivity index (χ4v) is 1.57. The van der Waals surface area contributed by atoms with Crippen LogP contribution in [0.3, 0.4) is 0 Å². The molecule has 1 heterocycles. The van der Waals surface area contributed by atoms with Gasteiger partial charge in [-0.2, -0.15) is 5.10 Å². The zero-order chi connectivity index (χ0) is 13.9. The van der Waals surface area contributed by atoms with E-state index in [4.69, 9.17) is 5.73 Å². The third kappa shape index (κ3) is 3.59. The quantitative estimate of drug-likeness (QED) is 0.810. The van der Waals surface area contributed by atoms with Crippen molar-refractivity contribution in [1.82, 2.24) is 10.2 Å². The minimum Gasteiger partial charge on any atom is -0.329 e. The number of carbonyl (C=O) groups excluding carboxylic acids is 1. The first-order valence-corrected chi connectivity index (χ1v) is 6.14. The number of hydrogen-bond acceptors (Lipinski definition) is 3. The minimum atomic E-state index is -0.579. The van der Waals surface area contributed by atoms with Crippen molar-refractivity contribution in [1.29, 1.82) is 0 Å². The molecule has 0 bridgehead atoms. The highest BCUT2D eigenvalue weighted by atomic mass is 35.5. The van der Waals surface area contributed by atoms with Crippen LogP contribution in [0.15, 0.2) is 36.5 Å². The fraction of sp³-hybridized carbons (Fsp3) is 0.286. The molecule has 1 amide bonds. The van der Waals surface area contributed by atoms with E-state index in [0.717, 1.165) is 16.9 Å². The van der Waals surface area contributed by atoms with Gasteiger partial charge >= 0.3 is 0 Å². The molecule has 0 aliphatic carbocycles. The van der Waals surface area contributed by atoms with Crippen molar-refractivity contribution < 1.29 is 4.79 Å². The van der Waals surface area contributed by atoms with Crippen molar-refractivity contribution in [2.45, 2.75) is 13.8 Å². The number of rotatable bonds is 4. The summed E-state index contributed by atoms with van der Waals surface area (Å²) >= 11 is 0. The number of nitrogens with zero attached hydrogens (tertiary/aromatic N) is 1. The maximum Gasteiger partial charge on any atom is 0.231 e. The number of nitrogens with one attached hydrogen (secondary N) is 2. The van der Waals surface area contributed by atoms with Gasteiger partial charge in [-0.1, -0.05) is 12.1 Å². The molecule has 108 valence electrons. The SMILES string of the molecule is CC(C)(CN)C(=O)Nc1cccc(-c2ccn[nH]2)c1.Cl. The van der Waals surface area contributed by atoms with E-state index in [9.17, 15) is 4.79 Å². The Kier molecular flexibility index (Phi) is 5.30. The Labute approximate surface area is 124 Å². The molecular weight excluding hydrogens is 276 g/mol. The molecule has 0 radical (unpaired) electrons. The standard InChI is InChI=1S/C14H18N4O.ClH/c1-14(2,9-15)13(19)17-11-5-3-4-10(8-11)12-6-7-16-18-12;/h3-8H,9,15H2,1-2H3,(H,16,18)(H,17,19);1H. The van der Waals surface area contributed by atoms with Crippen LogP contribution in [-0.2, 0) is 4.79 Å².